The average Bonchev–Trinajstić information content (AvgIpc) is 1.60. The molecule has 0 saturated heterocycles. The Labute approximate surface area is 779 Å². The van der Waals surface area contributed by atoms with Crippen LogP contribution in [-0.2, 0) is 175 Å². The third-order valence-corrected chi connectivity index (χ3v) is 14.8. The van der Waals surface area contributed by atoms with Gasteiger partial charge in [-0.1, -0.05) is 18.2 Å². The van der Waals surface area contributed by atoms with Gasteiger partial charge in [-0.15, -0.1) is 0 Å². The molecular weight excluding hydrogens is 2450 g/mol. The van der Waals surface area contributed by atoms with Crippen LogP contribution in [0.25, 0.3) is 49.2 Å². The van der Waals surface area contributed by atoms with Gasteiger partial charge in [-0.2, -0.15) is 0 Å². The number of benzene rings is 1. The van der Waals surface area contributed by atoms with Gasteiger partial charge >= 0.3 is 162 Å². The summed E-state index contributed by atoms with van der Waals surface area (Å²) in [6, 6.07) is 8.30. The molecule has 0 bridgehead atoms. The molecule has 3 fully saturated rings. The van der Waals surface area contributed by atoms with Crippen LogP contribution in [0.4, 0.5) is 19.2 Å². The first-order valence-electron chi connectivity index (χ1n) is 33.1. The normalized spacial score (nSPS) is 13.4. The number of aromatic carboxylic acids is 1. The van der Waals surface area contributed by atoms with Crippen molar-refractivity contribution in [2.45, 2.75) is 117 Å². The first-order valence-corrected chi connectivity index (χ1v) is 33.1. The number of imide groups is 4. The summed E-state index contributed by atoms with van der Waals surface area (Å²) in [6.07, 6.45) is 13.4. The number of carboxylic acid groups (broad SMARTS) is 16. The zero-order valence-corrected chi connectivity index (χ0v) is 76.5. The molecule has 0 spiro atoms. The van der Waals surface area contributed by atoms with Crippen LogP contribution in [0.2, 0.25) is 0 Å². The summed E-state index contributed by atoms with van der Waals surface area (Å²) in [6.45, 7) is 5.08. The number of carboxylic acids is 12. The van der Waals surface area contributed by atoms with E-state index in [1.807, 2.05) is 0 Å². The molecule has 12 amide bonds. The average molecular weight is 2550 g/mol. The van der Waals surface area contributed by atoms with Crippen LogP contribution in [0, 0.1) is 16.2 Å². The third kappa shape index (κ3) is 67.0. The van der Waals surface area contributed by atoms with Gasteiger partial charge in [0.25, 0.3) is 65.2 Å². The first kappa shape index (κ1) is 152. The maximum atomic E-state index is 11.1. The molecule has 0 radical (unpaired) electrons. The maximum Gasteiger partial charge on any atom is 2.00 e. The number of nitrogens with two attached hydrogens (primary N) is 8. The Morgan fingerprint density at radius 1 is 0.276 bits per heavy atom. The summed E-state index contributed by atoms with van der Waals surface area (Å²) in [7, 11) is 0. The Balaban J connectivity index is -0.0000000764. The third-order valence-electron chi connectivity index (χ3n) is 14.8. The second kappa shape index (κ2) is 82.2. The minimum absolute atomic E-state index is 0. The summed E-state index contributed by atoms with van der Waals surface area (Å²) in [5.41, 5.74) is -4.00. The molecular formula is C67H104N16O40Pt4. The maximum absolute atomic E-state index is 11.1. The smallest absolute Gasteiger partial charge is 0.693 e. The number of hydrogen-bond donors (Lipinski definition) is 20. The molecule has 7 aliphatic rings. The molecule has 1 aromatic rings. The molecule has 1 aromatic carbocycles. The number of carbonyl (C=O) groups excluding carboxylic acids is 8. The standard InChI is InChI=1S/2C10H14N2O4.2C7H8N2O4.C7H6O2.3C6H8O4.C2H2O4.3C2H4O2.8H2N.4Pt/c2*13-8-4-5-9(14)12(8)7-3-1-2-6-11-10(15)16;2*10-5-1-2-6(11)9(5)4-3-8-7(12)13;8-7(9)6-4-2-1-3-5-6;3*7-4(8)6(5(9)10)2-1-3-6;3-1(4)2(5)6;3*1-2(3)4;;;;;;;;;;;;/h2*4-5,11H,1-3,6-7H2,(H,15,16);2*1-2,8H,3-4H2,(H,12,13);1-5H,(H,8,9);3*1-3H2,(H,7,8)(H,9,10);(H,3,4)(H,5,6);3*1H3,(H,3,4);8*1H2;;;;/q;;;;;;;;;;;;8*-1;4*+2. The van der Waals surface area contributed by atoms with E-state index in [-0.39, 0.29) is 222 Å². The van der Waals surface area contributed by atoms with E-state index in [2.05, 4.69) is 21.3 Å². The van der Waals surface area contributed by atoms with Crippen LogP contribution in [-0.4, -0.2) is 297 Å². The Morgan fingerprint density at radius 2 is 0.449 bits per heavy atom. The Kier molecular flexibility index (Phi) is 98.6. The van der Waals surface area contributed by atoms with E-state index in [1.54, 1.807) is 30.3 Å². The topological polar surface area (TPSA) is 1060 Å². The molecule has 60 heteroatoms. The van der Waals surface area contributed by atoms with E-state index in [0.29, 0.717) is 76.7 Å². The van der Waals surface area contributed by atoms with Crippen LogP contribution < -0.4 is 21.3 Å². The van der Waals surface area contributed by atoms with Gasteiger partial charge in [0.05, 0.1) is 5.56 Å². The Hall–Kier alpha value is -12.1. The largest absolute Gasteiger partial charge is 2.00 e. The van der Waals surface area contributed by atoms with Crippen LogP contribution in [0.5, 0.6) is 0 Å². The van der Waals surface area contributed by atoms with Crippen LogP contribution >= 0.6 is 0 Å². The fraction of sp³-hybridized carbons (Fsp3) is 0.433. The number of carbonyl (C=O) groups is 24. The molecule has 3 saturated carbocycles. The van der Waals surface area contributed by atoms with Gasteiger partial charge in [-0.25, -0.2) is 33.6 Å². The number of amides is 12. The van der Waals surface area contributed by atoms with Crippen molar-refractivity contribution in [3.63, 3.8) is 0 Å². The molecule has 56 nitrogen and oxygen atoms in total. The number of rotatable bonds is 25. The summed E-state index contributed by atoms with van der Waals surface area (Å²) in [5.74, 6) is -16.9. The molecule has 3 aliphatic carbocycles. The number of hydrogen-bond acceptors (Lipinski definition) is 24. The second-order valence-electron chi connectivity index (χ2n) is 23.2. The molecule has 36 N–H and O–H groups in total. The van der Waals surface area contributed by atoms with E-state index in [9.17, 15) is 91.1 Å². The molecule has 0 aromatic heterocycles. The fourth-order valence-corrected chi connectivity index (χ4v) is 8.42. The van der Waals surface area contributed by atoms with Crippen molar-refractivity contribution in [3.8, 4) is 0 Å². The van der Waals surface area contributed by atoms with E-state index in [4.69, 9.17) is 106 Å². The monoisotopic (exact) mass is 2550 g/mol. The summed E-state index contributed by atoms with van der Waals surface area (Å²) < 4.78 is 0. The fourth-order valence-electron chi connectivity index (χ4n) is 8.42. The number of nitrogens with one attached hydrogen (secondary N) is 4. The van der Waals surface area contributed by atoms with Crippen molar-refractivity contribution in [1.82, 2.24) is 40.9 Å². The van der Waals surface area contributed by atoms with Gasteiger partial charge < -0.3 is 152 Å². The van der Waals surface area contributed by atoms with E-state index >= 15 is 0 Å². The molecule has 4 aliphatic heterocycles. The molecule has 127 heavy (non-hydrogen) atoms. The molecule has 4 heterocycles. The van der Waals surface area contributed by atoms with Gasteiger partial charge in [-0.3, -0.25) is 101 Å². The van der Waals surface area contributed by atoms with E-state index < -0.39 is 136 Å². The zero-order chi connectivity index (χ0) is 89.5. The summed E-state index contributed by atoms with van der Waals surface area (Å²) in [5, 5.41) is 138. The van der Waals surface area contributed by atoms with E-state index in [1.165, 1.54) is 34.1 Å². The number of nitrogens with zero attached hydrogens (tertiary/aromatic N) is 4. The minimum atomic E-state index is -1.82. The second-order valence-corrected chi connectivity index (χ2v) is 23.2. The van der Waals surface area contributed by atoms with Crippen molar-refractivity contribution in [3.05, 3.63) is 134 Å². The predicted molar refractivity (Wildman–Crippen MR) is 421 cm³/mol. The van der Waals surface area contributed by atoms with Crippen molar-refractivity contribution >= 4 is 143 Å². The molecule has 0 atom stereocenters. The van der Waals surface area contributed by atoms with Crippen LogP contribution in [0.15, 0.2) is 78.9 Å². The SMILES string of the molecule is CC(=O)O.CC(=O)O.CC(=O)O.O=C(O)C(=O)O.O=C(O)C1(C(=O)O)CCC1.O=C(O)C1(C(=O)O)CCC1.O=C(O)C1(C(=O)O)CCC1.O=C(O)NCCCCCN1C(=O)C=CC1=O.O=C(O)NCCCCCN1C(=O)C=CC1=O.O=C(O)NCCN1C(=O)C=CC1=O.O=C(O)NCCN1C(=O)C=CC1=O.O=C(O)c1ccccc1.[NH2-].[NH2-].[NH2-].[NH2-].[NH2-].[NH2-].[NH2-].[NH2-].[Pt+2].[Pt+2].[Pt+2].[Pt+2]. The number of aliphatic carboxylic acids is 11. The van der Waals surface area contributed by atoms with E-state index in [0.717, 1.165) is 67.7 Å². The predicted octanol–water partition coefficient (Wildman–Crippen LogP) is 6.57. The molecule has 732 valence electrons. The number of unbranched alkanes of at least 4 members (excludes halogenated alkanes) is 4. The zero-order valence-electron chi connectivity index (χ0n) is 67.4. The first-order chi connectivity index (χ1) is 53.4. The molecule has 0 unspecified atom stereocenters. The summed E-state index contributed by atoms with van der Waals surface area (Å²) >= 11 is 0. The van der Waals surface area contributed by atoms with Gasteiger partial charge in [-0.05, 0) is 108 Å². The summed E-state index contributed by atoms with van der Waals surface area (Å²) in [4.78, 5) is 250. The van der Waals surface area contributed by atoms with Crippen LogP contribution in [0.1, 0.15) is 127 Å². The van der Waals surface area contributed by atoms with Gasteiger partial charge in [0.2, 0.25) is 0 Å². The van der Waals surface area contributed by atoms with Crippen LogP contribution in [0.3, 0.4) is 0 Å². The Bertz CT molecular complexity index is 3430. The van der Waals surface area contributed by atoms with Gasteiger partial charge in [0.1, 0.15) is 0 Å². The van der Waals surface area contributed by atoms with Crippen molar-refractivity contribution in [2.75, 3.05) is 52.4 Å². The van der Waals surface area contributed by atoms with Gasteiger partial charge in [0, 0.05) is 122 Å². The quantitative estimate of drug-likeness (QED) is 0.0213. The van der Waals surface area contributed by atoms with Crippen molar-refractivity contribution in [2.24, 2.45) is 16.2 Å². The van der Waals surface area contributed by atoms with Crippen molar-refractivity contribution in [1.29, 1.82) is 0 Å². The van der Waals surface area contributed by atoms with Crippen molar-refractivity contribution < 1.29 is 281 Å². The minimum Gasteiger partial charge on any atom is -0.693 e. The van der Waals surface area contributed by atoms with Gasteiger partial charge in [0.15, 0.2) is 16.2 Å². The Morgan fingerprint density at radius 3 is 0.575 bits per heavy atom. The molecule has 8 rings (SSSR count).